The lowest BCUT2D eigenvalue weighted by Gasteiger charge is -2.30. The molecule has 0 fully saturated rings. The van der Waals surface area contributed by atoms with Gasteiger partial charge in [0, 0.05) is 12.8 Å². The van der Waals surface area contributed by atoms with Crippen molar-refractivity contribution in [2.75, 3.05) is 40.9 Å². The molecule has 1 N–H and O–H groups in total. The normalized spacial score (nSPS) is 14.2. The maximum Gasteiger partial charge on any atom is 0.306 e. The van der Waals surface area contributed by atoms with Crippen molar-refractivity contribution >= 4 is 19.7 Å². The number of carbonyl (C=O) groups is 2. The summed E-state index contributed by atoms with van der Waals surface area (Å²) in [5, 5.41) is 3.01. The summed E-state index contributed by atoms with van der Waals surface area (Å²) < 4.78 is 30.2. The van der Waals surface area contributed by atoms with Gasteiger partial charge in [-0.2, -0.15) is 0 Å². The van der Waals surface area contributed by atoms with Crippen molar-refractivity contribution in [2.45, 2.75) is 264 Å². The first-order chi connectivity index (χ1) is 33.4. The predicted molar refractivity (Wildman–Crippen MR) is 293 cm³/mol. The highest BCUT2D eigenvalue weighted by molar-refractivity contribution is 7.45. The molecule has 402 valence electrons. The van der Waals surface area contributed by atoms with E-state index in [9.17, 15) is 19.0 Å². The van der Waals surface area contributed by atoms with Gasteiger partial charge in [0.15, 0.2) is 0 Å². The Labute approximate surface area is 426 Å². The monoisotopic (exact) mass is 989 g/mol. The van der Waals surface area contributed by atoms with Gasteiger partial charge in [-0.25, -0.2) is 0 Å². The van der Waals surface area contributed by atoms with Crippen LogP contribution >= 0.6 is 7.82 Å². The lowest BCUT2D eigenvalue weighted by molar-refractivity contribution is -0.870. The van der Waals surface area contributed by atoms with E-state index in [1.54, 1.807) is 0 Å². The number of carbonyl (C=O) groups excluding carboxylic acids is 2. The second-order valence-electron chi connectivity index (χ2n) is 20.4. The number of esters is 1. The van der Waals surface area contributed by atoms with Crippen LogP contribution in [0.4, 0.5) is 0 Å². The predicted octanol–water partition coefficient (Wildman–Crippen LogP) is 16.5. The van der Waals surface area contributed by atoms with E-state index in [-0.39, 0.29) is 24.9 Å². The van der Waals surface area contributed by atoms with Crippen LogP contribution in [0.15, 0.2) is 60.8 Å². The van der Waals surface area contributed by atoms with Crippen LogP contribution < -0.4 is 10.2 Å². The second kappa shape index (κ2) is 49.3. The maximum absolute atomic E-state index is 13.5. The van der Waals surface area contributed by atoms with Gasteiger partial charge in [-0.15, -0.1) is 0 Å². The van der Waals surface area contributed by atoms with Crippen LogP contribution in [-0.4, -0.2) is 69.4 Å². The minimum atomic E-state index is -4.70. The van der Waals surface area contributed by atoms with E-state index in [4.69, 9.17) is 13.8 Å². The lowest BCUT2D eigenvalue weighted by atomic mass is 10.0. The van der Waals surface area contributed by atoms with Crippen LogP contribution in [0.2, 0.25) is 0 Å². The molecule has 3 atom stereocenters. The SMILES string of the molecule is CCCC/C=C\CCCCCCCC(=O)OC(/C=C/CCCCCCCCCCCCC)C(COP(=O)([O-])OCC[N+](C)(C)C)NC(=O)CCCCCCCC/C=C\C/C=C\C/C=C\CCCCC. The number of phosphoric ester groups is 1. The Bertz CT molecular complexity index is 1370. The Balaban J connectivity index is 5.35. The first kappa shape index (κ1) is 66.7. The minimum absolute atomic E-state index is 0.0277. The van der Waals surface area contributed by atoms with Crippen LogP contribution in [-0.2, 0) is 27.9 Å². The molecule has 0 aliphatic heterocycles. The van der Waals surface area contributed by atoms with E-state index in [1.165, 1.54) is 96.3 Å². The summed E-state index contributed by atoms with van der Waals surface area (Å²) >= 11 is 0. The topological polar surface area (TPSA) is 114 Å². The highest BCUT2D eigenvalue weighted by atomic mass is 31.2. The molecule has 0 aromatic heterocycles. The molecule has 0 saturated heterocycles. The fourth-order valence-electron chi connectivity index (χ4n) is 7.92. The highest BCUT2D eigenvalue weighted by Crippen LogP contribution is 2.38. The average molecular weight is 990 g/mol. The van der Waals surface area contributed by atoms with Gasteiger partial charge in [0.1, 0.15) is 19.3 Å². The van der Waals surface area contributed by atoms with E-state index in [2.05, 4.69) is 74.7 Å². The van der Waals surface area contributed by atoms with Crippen molar-refractivity contribution < 1.29 is 37.3 Å². The van der Waals surface area contributed by atoms with Gasteiger partial charge in [-0.05, 0) is 89.5 Å². The molecule has 0 bridgehead atoms. The zero-order valence-electron chi connectivity index (χ0n) is 45.8. The molecular weight excluding hydrogens is 880 g/mol. The highest BCUT2D eigenvalue weighted by Gasteiger charge is 2.27. The molecule has 0 rings (SSSR count). The lowest BCUT2D eigenvalue weighted by Crippen LogP contribution is -2.47. The van der Waals surface area contributed by atoms with E-state index in [0.717, 1.165) is 122 Å². The first-order valence-electron chi connectivity index (χ1n) is 28.6. The number of quaternary nitrogens is 1. The maximum atomic E-state index is 13.5. The molecule has 0 aliphatic rings. The van der Waals surface area contributed by atoms with E-state index in [1.807, 2.05) is 33.3 Å². The molecule has 9 nitrogen and oxygen atoms in total. The second-order valence-corrected chi connectivity index (χ2v) is 21.8. The number of nitrogens with zero attached hydrogens (tertiary/aromatic N) is 1. The van der Waals surface area contributed by atoms with Crippen molar-refractivity contribution in [3.8, 4) is 0 Å². The number of phosphoric acid groups is 1. The van der Waals surface area contributed by atoms with Crippen molar-refractivity contribution in [1.29, 1.82) is 0 Å². The van der Waals surface area contributed by atoms with E-state index in [0.29, 0.717) is 17.4 Å². The zero-order chi connectivity index (χ0) is 50.8. The number of amides is 1. The molecule has 3 unspecified atom stereocenters. The van der Waals surface area contributed by atoms with Crippen molar-refractivity contribution in [3.05, 3.63) is 60.8 Å². The van der Waals surface area contributed by atoms with Gasteiger partial charge in [0.25, 0.3) is 7.82 Å². The third-order valence-corrected chi connectivity index (χ3v) is 13.4. The first-order valence-corrected chi connectivity index (χ1v) is 30.1. The fourth-order valence-corrected chi connectivity index (χ4v) is 8.64. The quantitative estimate of drug-likeness (QED) is 0.0212. The van der Waals surface area contributed by atoms with E-state index < -0.39 is 26.6 Å². The number of ether oxygens (including phenoxy) is 1. The molecule has 0 radical (unpaired) electrons. The fraction of sp³-hybridized carbons (Fsp3) is 0.797. The van der Waals surface area contributed by atoms with E-state index >= 15 is 0 Å². The molecule has 0 spiro atoms. The van der Waals surface area contributed by atoms with Gasteiger partial charge < -0.3 is 28.5 Å². The summed E-state index contributed by atoms with van der Waals surface area (Å²) in [5.74, 6) is -0.566. The standard InChI is InChI=1S/C59H109N2O7P/c1-7-10-13-16-19-22-25-27-28-29-30-31-32-34-37-39-42-45-48-51-58(62)60-56(55-67-69(64,65)66-54-53-61(4,5)6)57(50-47-44-41-38-36-33-26-23-20-17-14-11-8-2)68-59(63)52-49-46-43-40-35-24-21-18-15-12-9-3/h18-19,21-22,27-28,30-31,47,50,56-57H,7-17,20,23-26,29,32-46,48-49,51-55H2,1-6H3,(H-,60,62,64,65)/b21-18-,22-19-,28-27-,31-30-,50-47+. The summed E-state index contributed by atoms with van der Waals surface area (Å²) in [5.41, 5.74) is 0. The van der Waals surface area contributed by atoms with Crippen molar-refractivity contribution in [3.63, 3.8) is 0 Å². The van der Waals surface area contributed by atoms with Gasteiger partial charge in [-0.1, -0.05) is 210 Å². The van der Waals surface area contributed by atoms with Crippen molar-refractivity contribution in [2.24, 2.45) is 0 Å². The molecule has 69 heavy (non-hydrogen) atoms. The number of allylic oxidation sites excluding steroid dienone is 9. The Kier molecular flexibility index (Phi) is 47.7. The number of nitrogens with one attached hydrogen (secondary N) is 1. The summed E-state index contributed by atoms with van der Waals surface area (Å²) in [6, 6.07) is -0.898. The largest absolute Gasteiger partial charge is 0.756 e. The molecule has 0 saturated carbocycles. The van der Waals surface area contributed by atoms with Gasteiger partial charge in [0.05, 0.1) is 33.8 Å². The number of likely N-dealkylation sites (N-methyl/N-ethyl adjacent to an activating group) is 1. The van der Waals surface area contributed by atoms with Crippen LogP contribution in [0.25, 0.3) is 0 Å². The van der Waals surface area contributed by atoms with Crippen LogP contribution in [0, 0.1) is 0 Å². The Hall–Kier alpha value is -2.29. The molecule has 0 aromatic rings. The number of hydrogen-bond acceptors (Lipinski definition) is 7. The zero-order valence-corrected chi connectivity index (χ0v) is 46.7. The Morgan fingerprint density at radius 3 is 1.41 bits per heavy atom. The number of hydrogen-bond donors (Lipinski definition) is 1. The van der Waals surface area contributed by atoms with Gasteiger partial charge in [-0.3, -0.25) is 14.2 Å². The summed E-state index contributed by atoms with van der Waals surface area (Å²) in [6.07, 6.45) is 60.4. The molecule has 10 heteroatoms. The number of rotatable bonds is 51. The molecule has 0 aliphatic carbocycles. The molecule has 0 heterocycles. The average Bonchev–Trinajstić information content (AvgIpc) is 3.31. The smallest absolute Gasteiger partial charge is 0.306 e. The van der Waals surface area contributed by atoms with Crippen molar-refractivity contribution in [1.82, 2.24) is 5.32 Å². The summed E-state index contributed by atoms with van der Waals surface area (Å²) in [6.45, 7) is 6.76. The summed E-state index contributed by atoms with van der Waals surface area (Å²) in [4.78, 5) is 39.8. The third kappa shape index (κ3) is 50.4. The van der Waals surface area contributed by atoms with Gasteiger partial charge >= 0.3 is 5.97 Å². The summed E-state index contributed by atoms with van der Waals surface area (Å²) in [7, 11) is 1.17. The Morgan fingerprint density at radius 1 is 0.507 bits per heavy atom. The third-order valence-electron chi connectivity index (χ3n) is 12.4. The minimum Gasteiger partial charge on any atom is -0.756 e. The molecule has 1 amide bonds. The van der Waals surface area contributed by atoms with Crippen LogP contribution in [0.1, 0.15) is 252 Å². The molecule has 0 aromatic carbocycles. The van der Waals surface area contributed by atoms with Crippen LogP contribution in [0.5, 0.6) is 0 Å². The van der Waals surface area contributed by atoms with Crippen LogP contribution in [0.3, 0.4) is 0 Å². The van der Waals surface area contributed by atoms with Gasteiger partial charge in [0.2, 0.25) is 5.91 Å². The molecular formula is C59H109N2O7P. The Morgan fingerprint density at radius 2 is 0.899 bits per heavy atom. The number of unbranched alkanes of at least 4 members (excludes halogenated alkanes) is 27.